The SMILES string of the molecule is C#Cc1cccc(NC(=O)CC(N)=O)c1. The van der Waals surface area contributed by atoms with E-state index in [1.165, 1.54) is 0 Å². The Morgan fingerprint density at radius 3 is 2.80 bits per heavy atom. The fourth-order valence-corrected chi connectivity index (χ4v) is 1.05. The molecular weight excluding hydrogens is 192 g/mol. The molecule has 76 valence electrons. The van der Waals surface area contributed by atoms with Crippen LogP contribution in [-0.4, -0.2) is 11.8 Å². The van der Waals surface area contributed by atoms with E-state index in [1.54, 1.807) is 24.3 Å². The minimum atomic E-state index is -0.666. The Labute approximate surface area is 87.5 Å². The molecule has 3 N–H and O–H groups in total. The second-order valence-electron chi connectivity index (χ2n) is 2.92. The molecule has 0 aliphatic rings. The molecule has 0 saturated heterocycles. The van der Waals surface area contributed by atoms with Crippen molar-refractivity contribution in [2.75, 3.05) is 5.32 Å². The van der Waals surface area contributed by atoms with Gasteiger partial charge in [-0.15, -0.1) is 6.42 Å². The molecule has 1 aromatic carbocycles. The molecule has 0 aliphatic carbocycles. The summed E-state index contributed by atoms with van der Waals surface area (Å²) in [6.07, 6.45) is 4.86. The van der Waals surface area contributed by atoms with Crippen molar-refractivity contribution in [3.63, 3.8) is 0 Å². The second-order valence-corrected chi connectivity index (χ2v) is 2.92. The zero-order valence-electron chi connectivity index (χ0n) is 7.99. The summed E-state index contributed by atoms with van der Waals surface area (Å²) >= 11 is 0. The summed E-state index contributed by atoms with van der Waals surface area (Å²) in [5.41, 5.74) is 6.08. The van der Waals surface area contributed by atoms with Crippen molar-refractivity contribution in [2.45, 2.75) is 6.42 Å². The van der Waals surface area contributed by atoms with Crippen molar-refractivity contribution in [3.05, 3.63) is 29.8 Å². The van der Waals surface area contributed by atoms with E-state index in [1.807, 2.05) is 0 Å². The number of nitrogens with two attached hydrogens (primary N) is 1. The molecule has 0 aliphatic heterocycles. The van der Waals surface area contributed by atoms with Gasteiger partial charge in [0, 0.05) is 11.3 Å². The average molecular weight is 202 g/mol. The van der Waals surface area contributed by atoms with Crippen LogP contribution in [-0.2, 0) is 9.59 Å². The van der Waals surface area contributed by atoms with Crippen molar-refractivity contribution in [1.82, 2.24) is 0 Å². The number of rotatable bonds is 3. The third-order valence-corrected chi connectivity index (χ3v) is 1.65. The lowest BCUT2D eigenvalue weighted by Gasteiger charge is -2.03. The Morgan fingerprint density at radius 1 is 1.47 bits per heavy atom. The van der Waals surface area contributed by atoms with Gasteiger partial charge in [0.05, 0.1) is 0 Å². The first-order valence-corrected chi connectivity index (χ1v) is 4.26. The lowest BCUT2D eigenvalue weighted by molar-refractivity contribution is -0.124. The monoisotopic (exact) mass is 202 g/mol. The van der Waals surface area contributed by atoms with Crippen LogP contribution in [0, 0.1) is 12.3 Å². The van der Waals surface area contributed by atoms with E-state index in [4.69, 9.17) is 12.2 Å². The summed E-state index contributed by atoms with van der Waals surface area (Å²) in [5, 5.41) is 2.51. The largest absolute Gasteiger partial charge is 0.369 e. The molecule has 4 nitrogen and oxygen atoms in total. The zero-order valence-corrected chi connectivity index (χ0v) is 7.99. The number of anilines is 1. The van der Waals surface area contributed by atoms with Crippen molar-refractivity contribution in [2.24, 2.45) is 5.73 Å². The number of hydrogen-bond donors (Lipinski definition) is 2. The van der Waals surface area contributed by atoms with Gasteiger partial charge in [-0.3, -0.25) is 9.59 Å². The maximum absolute atomic E-state index is 11.2. The Kier molecular flexibility index (Phi) is 3.47. The highest BCUT2D eigenvalue weighted by Crippen LogP contribution is 2.09. The van der Waals surface area contributed by atoms with Crippen molar-refractivity contribution in [3.8, 4) is 12.3 Å². The molecule has 0 fully saturated rings. The van der Waals surface area contributed by atoms with Gasteiger partial charge >= 0.3 is 0 Å². The van der Waals surface area contributed by atoms with E-state index in [-0.39, 0.29) is 6.42 Å². The number of amides is 2. The maximum Gasteiger partial charge on any atom is 0.233 e. The molecule has 0 unspecified atom stereocenters. The van der Waals surface area contributed by atoms with Gasteiger partial charge in [0.1, 0.15) is 6.42 Å². The lowest BCUT2D eigenvalue weighted by atomic mass is 10.2. The molecule has 15 heavy (non-hydrogen) atoms. The Bertz CT molecular complexity index is 432. The first-order valence-electron chi connectivity index (χ1n) is 4.26. The minimum Gasteiger partial charge on any atom is -0.369 e. The number of primary amides is 1. The molecule has 0 aromatic heterocycles. The van der Waals surface area contributed by atoms with Gasteiger partial charge in [-0.1, -0.05) is 12.0 Å². The molecule has 1 rings (SSSR count). The van der Waals surface area contributed by atoms with Gasteiger partial charge in [0.25, 0.3) is 0 Å². The zero-order chi connectivity index (χ0) is 11.3. The van der Waals surface area contributed by atoms with Crippen molar-refractivity contribution >= 4 is 17.5 Å². The van der Waals surface area contributed by atoms with Crippen LogP contribution < -0.4 is 11.1 Å². The number of benzene rings is 1. The van der Waals surface area contributed by atoms with E-state index in [0.29, 0.717) is 11.3 Å². The quantitative estimate of drug-likeness (QED) is 0.552. The summed E-state index contributed by atoms with van der Waals surface area (Å²) in [6, 6.07) is 6.78. The van der Waals surface area contributed by atoms with Gasteiger partial charge in [-0.2, -0.15) is 0 Å². The van der Waals surface area contributed by atoms with E-state index < -0.39 is 11.8 Å². The van der Waals surface area contributed by atoms with Crippen LogP contribution in [0.1, 0.15) is 12.0 Å². The smallest absolute Gasteiger partial charge is 0.233 e. The van der Waals surface area contributed by atoms with Gasteiger partial charge in [-0.05, 0) is 18.2 Å². The molecule has 0 radical (unpaired) electrons. The van der Waals surface area contributed by atoms with Crippen LogP contribution in [0.25, 0.3) is 0 Å². The first-order chi connectivity index (χ1) is 7.11. The molecule has 0 atom stereocenters. The number of nitrogens with one attached hydrogen (secondary N) is 1. The molecule has 0 spiro atoms. The topological polar surface area (TPSA) is 72.2 Å². The fourth-order valence-electron chi connectivity index (χ4n) is 1.05. The molecular formula is C11H10N2O2. The van der Waals surface area contributed by atoms with Crippen molar-refractivity contribution in [1.29, 1.82) is 0 Å². The lowest BCUT2D eigenvalue weighted by Crippen LogP contribution is -2.21. The highest BCUT2D eigenvalue weighted by Gasteiger charge is 2.05. The molecule has 4 heteroatoms. The standard InChI is InChI=1S/C11H10N2O2/c1-2-8-4-3-5-9(6-8)13-11(15)7-10(12)14/h1,3-6H,7H2,(H2,12,14)(H,13,15). The molecule has 1 aromatic rings. The Hall–Kier alpha value is -2.28. The van der Waals surface area contributed by atoms with Crippen molar-refractivity contribution < 1.29 is 9.59 Å². The van der Waals surface area contributed by atoms with E-state index in [0.717, 1.165) is 0 Å². The Balaban J connectivity index is 2.69. The van der Waals surface area contributed by atoms with Crippen LogP contribution in [0.4, 0.5) is 5.69 Å². The normalized spacial score (nSPS) is 9.00. The van der Waals surface area contributed by atoms with Crippen LogP contribution >= 0.6 is 0 Å². The third kappa shape index (κ3) is 3.53. The third-order valence-electron chi connectivity index (χ3n) is 1.65. The van der Waals surface area contributed by atoms with Crippen LogP contribution in [0.15, 0.2) is 24.3 Å². The van der Waals surface area contributed by atoms with Gasteiger partial charge in [0.15, 0.2) is 0 Å². The fraction of sp³-hybridized carbons (Fsp3) is 0.0909. The molecule has 0 bridgehead atoms. The number of carbonyl (C=O) groups is 2. The molecule has 0 heterocycles. The summed E-state index contributed by atoms with van der Waals surface area (Å²) in [5.74, 6) is 1.32. The van der Waals surface area contributed by atoms with Gasteiger partial charge in [0.2, 0.25) is 11.8 Å². The maximum atomic E-state index is 11.2. The average Bonchev–Trinajstić information content (AvgIpc) is 2.16. The molecule has 2 amide bonds. The summed E-state index contributed by atoms with van der Waals surface area (Å²) < 4.78 is 0. The highest BCUT2D eigenvalue weighted by atomic mass is 16.2. The predicted molar refractivity (Wildman–Crippen MR) is 56.8 cm³/mol. The minimum absolute atomic E-state index is 0.333. The second kappa shape index (κ2) is 4.82. The summed E-state index contributed by atoms with van der Waals surface area (Å²) in [4.78, 5) is 21.6. The Morgan fingerprint density at radius 2 is 2.20 bits per heavy atom. The molecule has 0 saturated carbocycles. The van der Waals surface area contributed by atoms with Gasteiger partial charge in [-0.25, -0.2) is 0 Å². The van der Waals surface area contributed by atoms with Crippen LogP contribution in [0.5, 0.6) is 0 Å². The van der Waals surface area contributed by atoms with Crippen LogP contribution in [0.2, 0.25) is 0 Å². The van der Waals surface area contributed by atoms with E-state index in [2.05, 4.69) is 11.2 Å². The number of carbonyl (C=O) groups excluding carboxylic acids is 2. The number of terminal acetylenes is 1. The number of hydrogen-bond acceptors (Lipinski definition) is 2. The van der Waals surface area contributed by atoms with Gasteiger partial charge < -0.3 is 11.1 Å². The van der Waals surface area contributed by atoms with E-state index >= 15 is 0 Å². The first kappa shape index (κ1) is 10.8. The van der Waals surface area contributed by atoms with E-state index in [9.17, 15) is 9.59 Å². The highest BCUT2D eigenvalue weighted by molar-refractivity contribution is 6.03. The summed E-state index contributed by atoms with van der Waals surface area (Å²) in [7, 11) is 0. The van der Waals surface area contributed by atoms with Crippen LogP contribution in [0.3, 0.4) is 0 Å². The summed E-state index contributed by atoms with van der Waals surface area (Å²) in [6.45, 7) is 0. The predicted octanol–water partition coefficient (Wildman–Crippen LogP) is 0.482.